The van der Waals surface area contributed by atoms with Gasteiger partial charge in [-0.3, -0.25) is 4.79 Å². The minimum absolute atomic E-state index is 0.182. The number of nitrogens with one attached hydrogen (secondary N) is 1. The van der Waals surface area contributed by atoms with Gasteiger partial charge in [-0.2, -0.15) is 16.4 Å². The molecule has 0 spiro atoms. The highest BCUT2D eigenvalue weighted by atomic mass is 32.1. The van der Waals surface area contributed by atoms with Crippen LogP contribution in [0.4, 0.5) is 0 Å². The van der Waals surface area contributed by atoms with E-state index in [-0.39, 0.29) is 12.5 Å². The molecule has 1 unspecified atom stereocenters. The number of aliphatic hydroxyl groups is 1. The Morgan fingerprint density at radius 1 is 1.36 bits per heavy atom. The topological polar surface area (TPSA) is 67.2 Å². The second-order valence-electron chi connectivity index (χ2n) is 4.78. The van der Waals surface area contributed by atoms with Gasteiger partial charge < -0.3 is 10.4 Å². The lowest BCUT2D eigenvalue weighted by Crippen LogP contribution is -2.28. The molecule has 1 amide bonds. The number of aromatic nitrogens is 2. The summed E-state index contributed by atoms with van der Waals surface area (Å²) in [5.74, 6) is -0.219. The average Bonchev–Trinajstić information content (AvgIpc) is 3.25. The van der Waals surface area contributed by atoms with E-state index in [2.05, 4.69) is 10.4 Å². The summed E-state index contributed by atoms with van der Waals surface area (Å²) in [6.45, 7) is 0.182. The lowest BCUT2D eigenvalue weighted by molar-refractivity contribution is 0.0916. The van der Waals surface area contributed by atoms with E-state index < -0.39 is 6.10 Å². The third kappa shape index (κ3) is 3.24. The van der Waals surface area contributed by atoms with Crippen molar-refractivity contribution in [2.45, 2.75) is 6.10 Å². The minimum Gasteiger partial charge on any atom is -0.387 e. The number of aliphatic hydroxyl groups excluding tert-OH is 1. The molecule has 3 aromatic rings. The largest absolute Gasteiger partial charge is 0.387 e. The Kier molecular flexibility index (Phi) is 4.32. The molecule has 0 aliphatic rings. The van der Waals surface area contributed by atoms with E-state index in [0.717, 1.165) is 11.3 Å². The van der Waals surface area contributed by atoms with E-state index in [0.29, 0.717) is 5.56 Å². The summed E-state index contributed by atoms with van der Waals surface area (Å²) in [5.41, 5.74) is 2.16. The van der Waals surface area contributed by atoms with E-state index in [1.54, 1.807) is 29.1 Å². The van der Waals surface area contributed by atoms with Crippen molar-refractivity contribution in [2.75, 3.05) is 6.54 Å². The number of carbonyl (C=O) groups is 1. The number of amides is 1. The Labute approximate surface area is 131 Å². The van der Waals surface area contributed by atoms with Gasteiger partial charge in [-0.15, -0.1) is 0 Å². The number of thiophene rings is 1. The van der Waals surface area contributed by atoms with Crippen molar-refractivity contribution >= 4 is 17.2 Å². The van der Waals surface area contributed by atoms with Crippen molar-refractivity contribution in [2.24, 2.45) is 0 Å². The zero-order chi connectivity index (χ0) is 15.4. The van der Waals surface area contributed by atoms with Crippen LogP contribution in [0.15, 0.2) is 59.6 Å². The van der Waals surface area contributed by atoms with Gasteiger partial charge >= 0.3 is 0 Å². The summed E-state index contributed by atoms with van der Waals surface area (Å²) in [4.78, 5) is 12.2. The lowest BCUT2D eigenvalue weighted by atomic mass is 10.1. The van der Waals surface area contributed by atoms with Gasteiger partial charge in [0.15, 0.2) is 0 Å². The highest BCUT2D eigenvalue weighted by Crippen LogP contribution is 2.15. The van der Waals surface area contributed by atoms with E-state index >= 15 is 0 Å². The highest BCUT2D eigenvalue weighted by molar-refractivity contribution is 7.07. The third-order valence-corrected chi connectivity index (χ3v) is 3.96. The van der Waals surface area contributed by atoms with Crippen molar-refractivity contribution in [3.63, 3.8) is 0 Å². The molecule has 0 aliphatic carbocycles. The van der Waals surface area contributed by atoms with Crippen LogP contribution in [0.3, 0.4) is 0 Å². The maximum absolute atomic E-state index is 12.2. The summed E-state index contributed by atoms with van der Waals surface area (Å²) in [6, 6.07) is 10.9. The van der Waals surface area contributed by atoms with Crippen LogP contribution in [-0.4, -0.2) is 27.3 Å². The first-order valence-electron chi connectivity index (χ1n) is 6.82. The molecule has 2 heterocycles. The summed E-state index contributed by atoms with van der Waals surface area (Å²) < 4.78 is 1.69. The molecule has 1 aromatic carbocycles. The van der Waals surface area contributed by atoms with Crippen LogP contribution in [0.1, 0.15) is 22.0 Å². The van der Waals surface area contributed by atoms with E-state index in [9.17, 15) is 9.90 Å². The summed E-state index contributed by atoms with van der Waals surface area (Å²) in [6.07, 6.45) is 2.81. The van der Waals surface area contributed by atoms with Gasteiger partial charge in [-0.25, -0.2) is 4.68 Å². The highest BCUT2D eigenvalue weighted by Gasteiger charge is 2.11. The van der Waals surface area contributed by atoms with Gasteiger partial charge in [0.2, 0.25) is 0 Å². The molecule has 112 valence electrons. The number of carbonyl (C=O) groups excluding carboxylic acids is 1. The fraction of sp³-hybridized carbons (Fsp3) is 0.125. The number of rotatable bonds is 5. The predicted octanol–water partition coefficient (Wildman–Crippen LogP) is 2.40. The second-order valence-corrected chi connectivity index (χ2v) is 5.56. The molecule has 2 N–H and O–H groups in total. The van der Waals surface area contributed by atoms with Crippen LogP contribution >= 0.6 is 11.3 Å². The molecule has 0 aliphatic heterocycles. The molecule has 0 saturated heterocycles. The van der Waals surface area contributed by atoms with E-state index in [1.807, 2.05) is 35.2 Å². The van der Waals surface area contributed by atoms with E-state index in [4.69, 9.17) is 0 Å². The van der Waals surface area contributed by atoms with E-state index in [1.165, 1.54) is 11.3 Å². The molecule has 0 radical (unpaired) electrons. The normalized spacial score (nSPS) is 12.0. The van der Waals surface area contributed by atoms with Crippen LogP contribution in [0.5, 0.6) is 0 Å². The number of hydrogen-bond acceptors (Lipinski definition) is 4. The van der Waals surface area contributed by atoms with Crippen LogP contribution in [0.25, 0.3) is 5.69 Å². The standard InChI is InChI=1S/C16H15N3O2S/c20-15(13-5-8-22-11-13)10-17-16(21)12-3-1-4-14(9-12)19-7-2-6-18-19/h1-9,11,15,20H,10H2,(H,17,21). The molecule has 6 heteroatoms. The summed E-state index contributed by atoms with van der Waals surface area (Å²) in [5, 5.41) is 20.6. The molecule has 3 rings (SSSR count). The predicted molar refractivity (Wildman–Crippen MR) is 85.2 cm³/mol. The van der Waals surface area contributed by atoms with Crippen LogP contribution < -0.4 is 5.32 Å². The van der Waals surface area contributed by atoms with Crippen molar-refractivity contribution in [1.29, 1.82) is 0 Å². The Hall–Kier alpha value is -2.44. The van der Waals surface area contributed by atoms with Crippen molar-refractivity contribution in [3.05, 3.63) is 70.7 Å². The lowest BCUT2D eigenvalue weighted by Gasteiger charge is -2.11. The van der Waals surface area contributed by atoms with Crippen molar-refractivity contribution in [1.82, 2.24) is 15.1 Å². The smallest absolute Gasteiger partial charge is 0.251 e. The first-order chi connectivity index (χ1) is 10.7. The van der Waals surface area contributed by atoms with Gasteiger partial charge in [0.05, 0.1) is 11.8 Å². The number of benzene rings is 1. The molecule has 5 nitrogen and oxygen atoms in total. The quantitative estimate of drug-likeness (QED) is 0.760. The Balaban J connectivity index is 1.66. The molecular formula is C16H15N3O2S. The molecule has 22 heavy (non-hydrogen) atoms. The van der Waals surface area contributed by atoms with Gasteiger partial charge in [0, 0.05) is 24.5 Å². The molecule has 1 atom stereocenters. The van der Waals surface area contributed by atoms with Gasteiger partial charge in [-0.05, 0) is 46.7 Å². The molecule has 2 aromatic heterocycles. The fourth-order valence-corrected chi connectivity index (χ4v) is 2.79. The first-order valence-corrected chi connectivity index (χ1v) is 7.77. The molecule has 0 saturated carbocycles. The Morgan fingerprint density at radius 2 is 2.27 bits per heavy atom. The molecule has 0 fully saturated rings. The monoisotopic (exact) mass is 313 g/mol. The molecular weight excluding hydrogens is 298 g/mol. The molecule has 0 bridgehead atoms. The van der Waals surface area contributed by atoms with Crippen LogP contribution in [-0.2, 0) is 0 Å². The number of hydrogen-bond donors (Lipinski definition) is 2. The van der Waals surface area contributed by atoms with Gasteiger partial charge in [0.25, 0.3) is 5.91 Å². The maximum Gasteiger partial charge on any atom is 0.251 e. The fourth-order valence-electron chi connectivity index (χ4n) is 2.09. The Morgan fingerprint density at radius 3 is 3.00 bits per heavy atom. The first kappa shape index (κ1) is 14.5. The zero-order valence-corrected chi connectivity index (χ0v) is 12.5. The van der Waals surface area contributed by atoms with Crippen molar-refractivity contribution in [3.8, 4) is 5.69 Å². The van der Waals surface area contributed by atoms with Crippen molar-refractivity contribution < 1.29 is 9.90 Å². The average molecular weight is 313 g/mol. The Bertz CT molecular complexity index is 739. The summed E-state index contributed by atoms with van der Waals surface area (Å²) >= 11 is 1.52. The number of nitrogens with zero attached hydrogens (tertiary/aromatic N) is 2. The minimum atomic E-state index is -0.690. The SMILES string of the molecule is O=C(NCC(O)c1ccsc1)c1cccc(-n2cccn2)c1. The van der Waals surface area contributed by atoms with Gasteiger partial charge in [-0.1, -0.05) is 6.07 Å². The van der Waals surface area contributed by atoms with Crippen LogP contribution in [0.2, 0.25) is 0 Å². The second kappa shape index (κ2) is 6.55. The third-order valence-electron chi connectivity index (χ3n) is 3.26. The maximum atomic E-state index is 12.2. The van der Waals surface area contributed by atoms with Gasteiger partial charge in [0.1, 0.15) is 0 Å². The summed E-state index contributed by atoms with van der Waals surface area (Å²) in [7, 11) is 0. The van der Waals surface area contributed by atoms with Crippen LogP contribution in [0, 0.1) is 0 Å². The zero-order valence-electron chi connectivity index (χ0n) is 11.7.